The molecule has 0 aromatic heterocycles. The minimum atomic E-state index is -1.25. The molecule has 15 heavy (non-hydrogen) atoms. The third kappa shape index (κ3) is 3.25. The number of aliphatic hydroxyl groups is 1. The molecule has 1 rings (SSSR count). The second-order valence-corrected chi connectivity index (χ2v) is 3.22. The summed E-state index contributed by atoms with van der Waals surface area (Å²) >= 11 is 0. The zero-order chi connectivity index (χ0) is 11.3. The molecule has 0 bridgehead atoms. The monoisotopic (exact) mass is 209 g/mol. The first-order valence-electron chi connectivity index (χ1n) is 4.85. The third-order valence-corrected chi connectivity index (χ3v) is 1.94. The molecule has 0 aliphatic carbocycles. The number of carbonyl (C=O) groups excluding carboxylic acids is 1. The highest BCUT2D eigenvalue weighted by atomic mass is 16.5. The maximum atomic E-state index is 10.7. The fourth-order valence-corrected chi connectivity index (χ4v) is 1.13. The lowest BCUT2D eigenvalue weighted by molar-refractivity contribution is -0.126. The maximum absolute atomic E-state index is 10.7. The van der Waals surface area contributed by atoms with Crippen LogP contribution < -0.4 is 10.5 Å². The van der Waals surface area contributed by atoms with Gasteiger partial charge in [-0.3, -0.25) is 4.79 Å². The van der Waals surface area contributed by atoms with Crippen molar-refractivity contribution >= 4 is 5.91 Å². The van der Waals surface area contributed by atoms with Crippen molar-refractivity contribution in [1.29, 1.82) is 0 Å². The summed E-state index contributed by atoms with van der Waals surface area (Å²) in [7, 11) is 0. The van der Waals surface area contributed by atoms with E-state index in [1.54, 1.807) is 24.3 Å². The molecule has 1 amide bonds. The zero-order valence-corrected chi connectivity index (χ0v) is 8.64. The normalized spacial score (nSPS) is 12.1. The molecular formula is C11H15NO3. The Labute approximate surface area is 88.7 Å². The van der Waals surface area contributed by atoms with E-state index in [0.717, 1.165) is 12.2 Å². The van der Waals surface area contributed by atoms with Gasteiger partial charge in [0.05, 0.1) is 6.61 Å². The first kappa shape index (κ1) is 11.5. The molecule has 0 aliphatic rings. The van der Waals surface area contributed by atoms with E-state index in [-0.39, 0.29) is 0 Å². The minimum absolute atomic E-state index is 0.478. The van der Waals surface area contributed by atoms with E-state index < -0.39 is 12.0 Å². The van der Waals surface area contributed by atoms with Gasteiger partial charge < -0.3 is 15.6 Å². The van der Waals surface area contributed by atoms with Crippen molar-refractivity contribution in [3.05, 3.63) is 29.8 Å². The van der Waals surface area contributed by atoms with E-state index >= 15 is 0 Å². The Kier molecular flexibility index (Phi) is 4.12. The van der Waals surface area contributed by atoms with Crippen molar-refractivity contribution in [2.45, 2.75) is 19.4 Å². The number of aliphatic hydroxyl groups excluding tert-OH is 1. The van der Waals surface area contributed by atoms with Crippen LogP contribution in [-0.4, -0.2) is 17.6 Å². The molecule has 0 aliphatic heterocycles. The first-order valence-corrected chi connectivity index (χ1v) is 4.85. The molecule has 3 N–H and O–H groups in total. The number of rotatable bonds is 5. The van der Waals surface area contributed by atoms with Crippen molar-refractivity contribution in [1.82, 2.24) is 0 Å². The Morgan fingerprint density at radius 2 is 2.07 bits per heavy atom. The van der Waals surface area contributed by atoms with Crippen molar-refractivity contribution < 1.29 is 14.6 Å². The lowest BCUT2D eigenvalue weighted by Crippen LogP contribution is -2.20. The summed E-state index contributed by atoms with van der Waals surface area (Å²) in [5.41, 5.74) is 5.44. The van der Waals surface area contributed by atoms with Gasteiger partial charge in [0.2, 0.25) is 0 Å². The molecule has 1 atom stereocenters. The minimum Gasteiger partial charge on any atom is -0.494 e. The van der Waals surface area contributed by atoms with Gasteiger partial charge in [-0.05, 0) is 24.1 Å². The van der Waals surface area contributed by atoms with Crippen LogP contribution >= 0.6 is 0 Å². The Morgan fingerprint density at radius 3 is 2.53 bits per heavy atom. The fourth-order valence-electron chi connectivity index (χ4n) is 1.13. The molecule has 0 saturated heterocycles. The summed E-state index contributed by atoms with van der Waals surface area (Å²) in [6, 6.07) is 6.66. The Morgan fingerprint density at radius 1 is 1.47 bits per heavy atom. The fraction of sp³-hybridized carbons (Fsp3) is 0.364. The third-order valence-electron chi connectivity index (χ3n) is 1.94. The van der Waals surface area contributed by atoms with E-state index in [1.807, 2.05) is 6.92 Å². The van der Waals surface area contributed by atoms with Gasteiger partial charge in [-0.1, -0.05) is 19.1 Å². The Bertz CT molecular complexity index is 321. The smallest absolute Gasteiger partial charge is 0.250 e. The van der Waals surface area contributed by atoms with Crippen LogP contribution in [-0.2, 0) is 4.79 Å². The van der Waals surface area contributed by atoms with Crippen LogP contribution in [0, 0.1) is 0 Å². The molecule has 4 heteroatoms. The van der Waals surface area contributed by atoms with E-state index in [1.165, 1.54) is 0 Å². The molecule has 0 heterocycles. The number of ether oxygens (including phenoxy) is 1. The molecule has 0 saturated carbocycles. The Balaban J connectivity index is 2.67. The van der Waals surface area contributed by atoms with Crippen LogP contribution in [0.3, 0.4) is 0 Å². The molecule has 0 spiro atoms. The highest BCUT2D eigenvalue weighted by molar-refractivity contribution is 5.80. The summed E-state index contributed by atoms with van der Waals surface area (Å²) in [4.78, 5) is 10.7. The summed E-state index contributed by atoms with van der Waals surface area (Å²) in [6.07, 6.45) is -0.309. The quantitative estimate of drug-likeness (QED) is 0.759. The van der Waals surface area contributed by atoms with Crippen LogP contribution in [0.5, 0.6) is 5.75 Å². The second-order valence-electron chi connectivity index (χ2n) is 3.22. The standard InChI is InChI=1S/C11H15NO3/c1-2-7-15-9-5-3-8(4-6-9)10(13)11(12)14/h3-6,10,13H,2,7H2,1H3,(H2,12,14). The molecule has 82 valence electrons. The van der Waals surface area contributed by atoms with Gasteiger partial charge >= 0.3 is 0 Å². The van der Waals surface area contributed by atoms with Gasteiger partial charge in [0.1, 0.15) is 5.75 Å². The number of benzene rings is 1. The largest absolute Gasteiger partial charge is 0.494 e. The van der Waals surface area contributed by atoms with Gasteiger partial charge in [-0.2, -0.15) is 0 Å². The zero-order valence-electron chi connectivity index (χ0n) is 8.64. The van der Waals surface area contributed by atoms with Crippen molar-refractivity contribution in [3.63, 3.8) is 0 Å². The molecule has 1 unspecified atom stereocenters. The molecule has 4 nitrogen and oxygen atoms in total. The summed E-state index contributed by atoms with van der Waals surface area (Å²) in [6.45, 7) is 2.67. The van der Waals surface area contributed by atoms with Crippen molar-refractivity contribution in [3.8, 4) is 5.75 Å². The topological polar surface area (TPSA) is 72.6 Å². The molecular weight excluding hydrogens is 194 g/mol. The highest BCUT2D eigenvalue weighted by Crippen LogP contribution is 2.17. The molecule has 0 fully saturated rings. The average Bonchev–Trinajstić information content (AvgIpc) is 2.26. The molecule has 0 radical (unpaired) electrons. The van der Waals surface area contributed by atoms with E-state index in [0.29, 0.717) is 12.2 Å². The summed E-state index contributed by atoms with van der Waals surface area (Å²) in [5, 5.41) is 9.35. The van der Waals surface area contributed by atoms with E-state index in [4.69, 9.17) is 10.5 Å². The number of nitrogens with two attached hydrogens (primary N) is 1. The Hall–Kier alpha value is -1.55. The maximum Gasteiger partial charge on any atom is 0.250 e. The van der Waals surface area contributed by atoms with Gasteiger partial charge in [-0.15, -0.1) is 0 Å². The van der Waals surface area contributed by atoms with Crippen LogP contribution in [0.25, 0.3) is 0 Å². The van der Waals surface area contributed by atoms with E-state index in [9.17, 15) is 9.90 Å². The van der Waals surface area contributed by atoms with Gasteiger partial charge in [0, 0.05) is 0 Å². The summed E-state index contributed by atoms with van der Waals surface area (Å²) < 4.78 is 5.35. The average molecular weight is 209 g/mol. The first-order chi connectivity index (χ1) is 7.15. The molecule has 1 aromatic rings. The van der Waals surface area contributed by atoms with Crippen molar-refractivity contribution in [2.24, 2.45) is 5.73 Å². The predicted molar refractivity (Wildman–Crippen MR) is 56.4 cm³/mol. The van der Waals surface area contributed by atoms with Crippen LogP contribution in [0.2, 0.25) is 0 Å². The van der Waals surface area contributed by atoms with Gasteiger partial charge in [0.15, 0.2) is 6.10 Å². The van der Waals surface area contributed by atoms with Crippen LogP contribution in [0.15, 0.2) is 24.3 Å². The number of carbonyl (C=O) groups is 1. The molecule has 1 aromatic carbocycles. The highest BCUT2D eigenvalue weighted by Gasteiger charge is 2.12. The SMILES string of the molecule is CCCOc1ccc(C(O)C(N)=O)cc1. The number of hydrogen-bond acceptors (Lipinski definition) is 3. The lowest BCUT2D eigenvalue weighted by atomic mass is 10.1. The number of amides is 1. The van der Waals surface area contributed by atoms with Crippen LogP contribution in [0.1, 0.15) is 25.0 Å². The van der Waals surface area contributed by atoms with Crippen LogP contribution in [0.4, 0.5) is 0 Å². The van der Waals surface area contributed by atoms with Gasteiger partial charge in [0.25, 0.3) is 5.91 Å². The van der Waals surface area contributed by atoms with Crippen molar-refractivity contribution in [2.75, 3.05) is 6.61 Å². The number of primary amides is 1. The lowest BCUT2D eigenvalue weighted by Gasteiger charge is -2.08. The van der Waals surface area contributed by atoms with Gasteiger partial charge in [-0.25, -0.2) is 0 Å². The summed E-state index contributed by atoms with van der Waals surface area (Å²) in [5.74, 6) is -0.0329. The predicted octanol–water partition coefficient (Wildman–Crippen LogP) is 0.994. The van der Waals surface area contributed by atoms with E-state index in [2.05, 4.69) is 0 Å². The number of hydrogen-bond donors (Lipinski definition) is 2. The second kappa shape index (κ2) is 5.36.